The molecule has 1 aromatic carbocycles. The van der Waals surface area contributed by atoms with E-state index in [1.807, 2.05) is 30.0 Å². The van der Waals surface area contributed by atoms with E-state index < -0.39 is 5.92 Å². The van der Waals surface area contributed by atoms with Crippen molar-refractivity contribution in [2.75, 3.05) is 20.2 Å². The Hall–Kier alpha value is -1.84. The summed E-state index contributed by atoms with van der Waals surface area (Å²) in [5, 5.41) is 0. The van der Waals surface area contributed by atoms with Crippen LogP contribution in [0.4, 0.5) is 0 Å². The van der Waals surface area contributed by atoms with Crippen LogP contribution in [0.2, 0.25) is 0 Å². The summed E-state index contributed by atoms with van der Waals surface area (Å²) in [7, 11) is 1.40. The predicted octanol–water partition coefficient (Wildman–Crippen LogP) is 3.37. The van der Waals surface area contributed by atoms with Crippen molar-refractivity contribution < 1.29 is 14.3 Å². The highest BCUT2D eigenvalue weighted by molar-refractivity contribution is 5.83. The molecule has 1 aliphatic heterocycles. The molecular weight excluding hydrogens is 314 g/mol. The quantitative estimate of drug-likeness (QED) is 0.770. The molecule has 0 bridgehead atoms. The maximum atomic E-state index is 12.8. The van der Waals surface area contributed by atoms with Crippen LogP contribution in [0.25, 0.3) is 0 Å². The van der Waals surface area contributed by atoms with Crippen molar-refractivity contribution in [2.45, 2.75) is 45.4 Å². The van der Waals surface area contributed by atoms with Gasteiger partial charge in [-0.2, -0.15) is 0 Å². The van der Waals surface area contributed by atoms with Crippen LogP contribution < -0.4 is 0 Å². The number of esters is 1. The van der Waals surface area contributed by atoms with Gasteiger partial charge in [0.25, 0.3) is 0 Å². The normalized spacial score (nSPS) is 23.8. The number of fused-ring (bicyclic) bond motifs is 1. The molecule has 4 heteroatoms. The van der Waals surface area contributed by atoms with Crippen LogP contribution in [0.1, 0.15) is 43.2 Å². The molecule has 0 radical (unpaired) electrons. The lowest BCUT2D eigenvalue weighted by Crippen LogP contribution is -2.33. The second-order valence-electron chi connectivity index (χ2n) is 7.72. The van der Waals surface area contributed by atoms with Gasteiger partial charge in [0.15, 0.2) is 0 Å². The summed E-state index contributed by atoms with van der Waals surface area (Å²) in [5.41, 5.74) is 2.24. The molecule has 2 fully saturated rings. The number of benzene rings is 1. The molecule has 1 saturated carbocycles. The van der Waals surface area contributed by atoms with Gasteiger partial charge in [0.05, 0.1) is 13.0 Å². The molecule has 1 amide bonds. The van der Waals surface area contributed by atoms with Gasteiger partial charge in [-0.3, -0.25) is 9.59 Å². The number of amides is 1. The van der Waals surface area contributed by atoms with Gasteiger partial charge in [0.2, 0.25) is 5.91 Å². The fourth-order valence-electron chi connectivity index (χ4n) is 4.48. The van der Waals surface area contributed by atoms with Gasteiger partial charge in [-0.15, -0.1) is 0 Å². The number of likely N-dealkylation sites (tertiary alicyclic amines) is 1. The highest BCUT2D eigenvalue weighted by Gasteiger charge is 2.37. The molecule has 25 heavy (non-hydrogen) atoms. The van der Waals surface area contributed by atoms with Crippen LogP contribution in [0.3, 0.4) is 0 Å². The Bertz CT molecular complexity index is 613. The van der Waals surface area contributed by atoms with E-state index in [0.717, 1.165) is 24.2 Å². The molecule has 0 N–H and O–H groups in total. The number of methoxy groups -OCH3 is 1. The maximum absolute atomic E-state index is 12.8. The van der Waals surface area contributed by atoms with Crippen molar-refractivity contribution in [1.29, 1.82) is 0 Å². The summed E-state index contributed by atoms with van der Waals surface area (Å²) in [4.78, 5) is 27.0. The first kappa shape index (κ1) is 18.0. The molecule has 1 aromatic rings. The third-order valence-electron chi connectivity index (χ3n) is 5.85. The van der Waals surface area contributed by atoms with E-state index in [4.69, 9.17) is 4.74 Å². The number of rotatable bonds is 5. The van der Waals surface area contributed by atoms with E-state index in [1.54, 1.807) is 0 Å². The lowest BCUT2D eigenvalue weighted by Gasteiger charge is -2.22. The number of ether oxygens (including phenoxy) is 1. The van der Waals surface area contributed by atoms with E-state index in [-0.39, 0.29) is 18.3 Å². The molecule has 4 nitrogen and oxygen atoms in total. The highest BCUT2D eigenvalue weighted by Crippen LogP contribution is 2.36. The van der Waals surface area contributed by atoms with Crippen molar-refractivity contribution in [3.8, 4) is 0 Å². The van der Waals surface area contributed by atoms with Crippen molar-refractivity contribution in [2.24, 2.45) is 17.8 Å². The zero-order valence-corrected chi connectivity index (χ0v) is 15.4. The second kappa shape index (κ2) is 8.03. The number of aryl methyl sites for hydroxylation is 1. The van der Waals surface area contributed by atoms with Crippen LogP contribution >= 0.6 is 0 Å². The van der Waals surface area contributed by atoms with E-state index in [1.165, 1.54) is 32.8 Å². The first-order valence-electron chi connectivity index (χ1n) is 9.48. The van der Waals surface area contributed by atoms with Gasteiger partial charge in [-0.05, 0) is 43.6 Å². The van der Waals surface area contributed by atoms with Gasteiger partial charge in [-0.1, -0.05) is 42.7 Å². The van der Waals surface area contributed by atoms with E-state index >= 15 is 0 Å². The van der Waals surface area contributed by atoms with Gasteiger partial charge in [-0.25, -0.2) is 0 Å². The minimum absolute atomic E-state index is 0.109. The summed E-state index contributed by atoms with van der Waals surface area (Å²) in [6, 6.07) is 8.11. The zero-order valence-electron chi connectivity index (χ0n) is 15.4. The lowest BCUT2D eigenvalue weighted by molar-refractivity contribution is -0.148. The van der Waals surface area contributed by atoms with Gasteiger partial charge >= 0.3 is 5.97 Å². The molecular formula is C21H29NO3. The van der Waals surface area contributed by atoms with Crippen molar-refractivity contribution in [1.82, 2.24) is 4.90 Å². The molecule has 1 heterocycles. The molecule has 136 valence electrons. The summed E-state index contributed by atoms with van der Waals surface area (Å²) >= 11 is 0. The standard InChI is InChI=1S/C21H29NO3/c1-15-6-5-7-16(10-15)11-19(21(24)25-2)12-20(23)22-13-17-8-3-4-9-18(17)14-22/h5-7,10,17-19H,3-4,8-9,11-14H2,1-2H3/t17-,18+,19?. The van der Waals surface area contributed by atoms with E-state index in [9.17, 15) is 9.59 Å². The SMILES string of the molecule is COC(=O)C(CC(=O)N1C[C@H]2CCCC[C@H]2C1)Cc1cccc(C)c1. The third kappa shape index (κ3) is 4.42. The van der Waals surface area contributed by atoms with E-state index in [0.29, 0.717) is 18.3 Å². The van der Waals surface area contributed by atoms with Crippen molar-refractivity contribution >= 4 is 11.9 Å². The summed E-state index contributed by atoms with van der Waals surface area (Å²) in [6.07, 6.45) is 5.89. The third-order valence-corrected chi connectivity index (χ3v) is 5.85. The molecule has 1 saturated heterocycles. The number of hydrogen-bond acceptors (Lipinski definition) is 3. The second-order valence-corrected chi connectivity index (χ2v) is 7.72. The first-order valence-corrected chi connectivity index (χ1v) is 9.48. The molecule has 0 aromatic heterocycles. The fourth-order valence-corrected chi connectivity index (χ4v) is 4.48. The molecule has 2 aliphatic rings. The Kier molecular flexibility index (Phi) is 5.77. The van der Waals surface area contributed by atoms with Gasteiger partial charge in [0, 0.05) is 19.5 Å². The minimum atomic E-state index is -0.401. The molecule has 1 aliphatic carbocycles. The highest BCUT2D eigenvalue weighted by atomic mass is 16.5. The van der Waals surface area contributed by atoms with E-state index in [2.05, 4.69) is 6.07 Å². The predicted molar refractivity (Wildman–Crippen MR) is 97.0 cm³/mol. The average molecular weight is 343 g/mol. The zero-order chi connectivity index (χ0) is 17.8. The van der Waals surface area contributed by atoms with Crippen LogP contribution in [0, 0.1) is 24.7 Å². The largest absolute Gasteiger partial charge is 0.469 e. The summed E-state index contributed by atoms with van der Waals surface area (Å²) < 4.78 is 4.96. The molecule has 3 rings (SSSR count). The number of nitrogens with zero attached hydrogens (tertiary/aromatic N) is 1. The van der Waals surface area contributed by atoms with Crippen LogP contribution in [0.15, 0.2) is 24.3 Å². The average Bonchev–Trinajstić information content (AvgIpc) is 3.05. The van der Waals surface area contributed by atoms with Gasteiger partial charge in [0.1, 0.15) is 0 Å². The monoisotopic (exact) mass is 343 g/mol. The summed E-state index contributed by atoms with van der Waals surface area (Å²) in [6.45, 7) is 3.79. The van der Waals surface area contributed by atoms with Crippen molar-refractivity contribution in [3.05, 3.63) is 35.4 Å². The lowest BCUT2D eigenvalue weighted by atomic mass is 9.82. The molecule has 3 atom stereocenters. The topological polar surface area (TPSA) is 46.6 Å². The van der Waals surface area contributed by atoms with Crippen molar-refractivity contribution in [3.63, 3.8) is 0 Å². The molecule has 1 unspecified atom stereocenters. The van der Waals surface area contributed by atoms with Crippen LogP contribution in [0.5, 0.6) is 0 Å². The Morgan fingerprint density at radius 2 is 1.88 bits per heavy atom. The molecule has 0 spiro atoms. The Morgan fingerprint density at radius 1 is 1.20 bits per heavy atom. The number of carbonyl (C=O) groups excluding carboxylic acids is 2. The Morgan fingerprint density at radius 3 is 2.48 bits per heavy atom. The Balaban J connectivity index is 1.63. The van der Waals surface area contributed by atoms with Crippen LogP contribution in [-0.2, 0) is 20.7 Å². The number of carbonyl (C=O) groups is 2. The van der Waals surface area contributed by atoms with Crippen LogP contribution in [-0.4, -0.2) is 37.0 Å². The Labute approximate surface area is 150 Å². The summed E-state index contributed by atoms with van der Waals surface area (Å²) in [5.74, 6) is 0.767. The smallest absolute Gasteiger partial charge is 0.309 e. The minimum Gasteiger partial charge on any atom is -0.469 e. The fraction of sp³-hybridized carbons (Fsp3) is 0.619. The first-order chi connectivity index (χ1) is 12.1. The maximum Gasteiger partial charge on any atom is 0.309 e. The van der Waals surface area contributed by atoms with Gasteiger partial charge < -0.3 is 9.64 Å². The number of hydrogen-bond donors (Lipinski definition) is 0.